The van der Waals surface area contributed by atoms with Crippen molar-refractivity contribution in [2.75, 3.05) is 27.2 Å². The summed E-state index contributed by atoms with van der Waals surface area (Å²) in [6.45, 7) is -0.688. The minimum atomic E-state index is -2.98. The summed E-state index contributed by atoms with van der Waals surface area (Å²) < 4.78 is 36.2. The summed E-state index contributed by atoms with van der Waals surface area (Å²) in [4.78, 5) is 44.7. The second kappa shape index (κ2) is 11.7. The lowest BCUT2D eigenvalue weighted by Gasteiger charge is -2.22. The molecule has 9 nitrogen and oxygen atoms in total. The van der Waals surface area contributed by atoms with Gasteiger partial charge >= 0.3 is 6.61 Å². The summed E-state index contributed by atoms with van der Waals surface area (Å²) in [5.74, 6) is -0.291. The Morgan fingerprint density at radius 3 is 2.53 bits per heavy atom. The van der Waals surface area contributed by atoms with Crippen LogP contribution in [-0.2, 0) is 16.1 Å². The highest BCUT2D eigenvalue weighted by atomic mass is 19.3. The molecule has 11 heteroatoms. The van der Waals surface area contributed by atoms with Gasteiger partial charge in [0.2, 0.25) is 11.8 Å². The van der Waals surface area contributed by atoms with Gasteiger partial charge in [-0.05, 0) is 55.0 Å². The highest BCUT2D eigenvalue weighted by Gasteiger charge is 2.39. The number of rotatable bonds is 10. The SMILES string of the molecule is CC(=O)N1CC(c2ccc(OC(F)F)c(OCC3CC3)c2)C[C@@H]1C(=O)NCc1ccc(C(=O)N(C)C)cn1. The number of alkyl halides is 2. The van der Waals surface area contributed by atoms with Crippen molar-refractivity contribution in [2.24, 2.45) is 5.92 Å². The zero-order valence-electron chi connectivity index (χ0n) is 21.7. The number of carbonyl (C=O) groups excluding carboxylic acids is 3. The molecular weight excluding hydrogens is 498 g/mol. The van der Waals surface area contributed by atoms with Crippen LogP contribution in [-0.4, -0.2) is 72.4 Å². The molecule has 2 aromatic rings. The summed E-state index contributed by atoms with van der Waals surface area (Å²) in [7, 11) is 3.30. The first kappa shape index (κ1) is 27.3. The van der Waals surface area contributed by atoms with Crippen LogP contribution in [0.3, 0.4) is 0 Å². The number of nitrogens with one attached hydrogen (secondary N) is 1. The lowest BCUT2D eigenvalue weighted by atomic mass is 9.95. The fourth-order valence-corrected chi connectivity index (χ4v) is 4.46. The molecular formula is C27H32F2N4O5. The zero-order chi connectivity index (χ0) is 27.4. The molecule has 3 amide bonds. The van der Waals surface area contributed by atoms with Gasteiger partial charge in [0.25, 0.3) is 5.91 Å². The number of amides is 3. The molecule has 1 aliphatic carbocycles. The summed E-state index contributed by atoms with van der Waals surface area (Å²) in [6, 6.07) is 7.42. The molecule has 0 spiro atoms. The number of hydrogen-bond donors (Lipinski definition) is 1. The number of nitrogens with zero attached hydrogens (tertiary/aromatic N) is 3. The maximum absolute atomic E-state index is 13.1. The molecule has 2 atom stereocenters. The first-order valence-corrected chi connectivity index (χ1v) is 12.6. The van der Waals surface area contributed by atoms with Crippen molar-refractivity contribution in [2.45, 2.75) is 51.3 Å². The van der Waals surface area contributed by atoms with Crippen molar-refractivity contribution in [1.29, 1.82) is 0 Å². The van der Waals surface area contributed by atoms with Crippen LogP contribution in [0.2, 0.25) is 0 Å². The molecule has 1 aliphatic heterocycles. The van der Waals surface area contributed by atoms with E-state index in [4.69, 9.17) is 4.74 Å². The average Bonchev–Trinajstić information content (AvgIpc) is 3.61. The minimum Gasteiger partial charge on any atom is -0.489 e. The van der Waals surface area contributed by atoms with Gasteiger partial charge < -0.3 is 24.6 Å². The first-order valence-electron chi connectivity index (χ1n) is 12.6. The van der Waals surface area contributed by atoms with Crippen LogP contribution in [0, 0.1) is 5.92 Å². The molecule has 204 valence electrons. The standard InChI is InChI=1S/C27H32F2N4O5/c1-16(34)33-14-20(18-7-9-23(38-27(28)29)24(11-18)37-15-17-4-5-17)10-22(33)25(35)31-13-21-8-6-19(12-30-21)26(36)32(2)3/h6-9,11-12,17,20,22,27H,4-5,10,13-15H2,1-3H3,(H,31,35)/t20?,22-/m1/s1. The van der Waals surface area contributed by atoms with Gasteiger partial charge in [-0.15, -0.1) is 0 Å². The lowest BCUT2D eigenvalue weighted by molar-refractivity contribution is -0.136. The highest BCUT2D eigenvalue weighted by Crippen LogP contribution is 2.39. The normalized spacial score (nSPS) is 18.8. The molecule has 1 saturated carbocycles. The smallest absolute Gasteiger partial charge is 0.387 e. The molecule has 0 bridgehead atoms. The number of carbonyl (C=O) groups is 3. The van der Waals surface area contributed by atoms with Crippen molar-refractivity contribution < 1.29 is 32.6 Å². The third kappa shape index (κ3) is 6.76. The minimum absolute atomic E-state index is 0.0362. The predicted molar refractivity (Wildman–Crippen MR) is 134 cm³/mol. The van der Waals surface area contributed by atoms with Crippen LogP contribution in [0.25, 0.3) is 0 Å². The number of pyridine rings is 1. The predicted octanol–water partition coefficient (Wildman–Crippen LogP) is 3.19. The van der Waals surface area contributed by atoms with Gasteiger partial charge in [0, 0.05) is 39.7 Å². The van der Waals surface area contributed by atoms with Crippen LogP contribution >= 0.6 is 0 Å². The largest absolute Gasteiger partial charge is 0.489 e. The molecule has 0 radical (unpaired) electrons. The third-order valence-electron chi connectivity index (χ3n) is 6.76. The van der Waals surface area contributed by atoms with Gasteiger partial charge in [-0.2, -0.15) is 8.78 Å². The second-order valence-electron chi connectivity index (χ2n) is 9.91. The summed E-state index contributed by atoms with van der Waals surface area (Å²) in [5.41, 5.74) is 1.79. The van der Waals surface area contributed by atoms with Crippen LogP contribution in [0.15, 0.2) is 36.5 Å². The Labute approximate surface area is 220 Å². The van der Waals surface area contributed by atoms with E-state index in [-0.39, 0.29) is 41.7 Å². The lowest BCUT2D eigenvalue weighted by Crippen LogP contribution is -2.45. The molecule has 1 saturated heterocycles. The molecule has 2 aliphatic rings. The molecule has 2 heterocycles. The Hall–Kier alpha value is -3.76. The Bertz CT molecular complexity index is 1170. The number of aromatic nitrogens is 1. The van der Waals surface area contributed by atoms with Crippen molar-refractivity contribution in [1.82, 2.24) is 20.1 Å². The van der Waals surface area contributed by atoms with Crippen molar-refractivity contribution in [3.63, 3.8) is 0 Å². The topological polar surface area (TPSA) is 101 Å². The van der Waals surface area contributed by atoms with Crippen LogP contribution in [0.4, 0.5) is 8.78 Å². The Balaban J connectivity index is 1.43. The summed E-state index contributed by atoms with van der Waals surface area (Å²) >= 11 is 0. The summed E-state index contributed by atoms with van der Waals surface area (Å²) in [6.07, 6.45) is 3.92. The molecule has 4 rings (SSSR count). The molecule has 1 aromatic carbocycles. The third-order valence-corrected chi connectivity index (χ3v) is 6.76. The number of likely N-dealkylation sites (tertiary alicyclic amines) is 1. The van der Waals surface area contributed by atoms with Crippen LogP contribution in [0.1, 0.15) is 53.7 Å². The van der Waals surface area contributed by atoms with E-state index in [0.29, 0.717) is 36.7 Å². The van der Waals surface area contributed by atoms with Gasteiger partial charge in [-0.25, -0.2) is 0 Å². The highest BCUT2D eigenvalue weighted by molar-refractivity contribution is 5.93. The zero-order valence-corrected chi connectivity index (χ0v) is 21.7. The van der Waals surface area contributed by atoms with Crippen LogP contribution in [0.5, 0.6) is 11.5 Å². The van der Waals surface area contributed by atoms with E-state index in [1.807, 2.05) is 0 Å². The fourth-order valence-electron chi connectivity index (χ4n) is 4.46. The Morgan fingerprint density at radius 1 is 1.16 bits per heavy atom. The van der Waals surface area contributed by atoms with Crippen LogP contribution < -0.4 is 14.8 Å². The maximum Gasteiger partial charge on any atom is 0.387 e. The van der Waals surface area contributed by atoms with E-state index < -0.39 is 12.7 Å². The van der Waals surface area contributed by atoms with Gasteiger partial charge in [0.1, 0.15) is 6.04 Å². The summed E-state index contributed by atoms with van der Waals surface area (Å²) in [5, 5.41) is 2.83. The van der Waals surface area contributed by atoms with Crippen molar-refractivity contribution in [3.05, 3.63) is 53.3 Å². The fraction of sp³-hybridized carbons (Fsp3) is 0.481. The molecule has 1 aromatic heterocycles. The van der Waals surface area contributed by atoms with E-state index in [1.54, 1.807) is 38.4 Å². The Kier molecular flexibility index (Phi) is 8.43. The molecule has 1 unspecified atom stereocenters. The maximum atomic E-state index is 13.1. The first-order chi connectivity index (χ1) is 18.1. The van der Waals surface area contributed by atoms with Crippen molar-refractivity contribution in [3.8, 4) is 11.5 Å². The number of ether oxygens (including phenoxy) is 2. The number of hydrogen-bond acceptors (Lipinski definition) is 6. The van der Waals surface area contributed by atoms with Gasteiger partial charge in [0.05, 0.1) is 24.4 Å². The van der Waals surface area contributed by atoms with E-state index in [2.05, 4.69) is 15.0 Å². The van der Waals surface area contributed by atoms with Gasteiger partial charge in [-0.1, -0.05) is 6.07 Å². The quantitative estimate of drug-likeness (QED) is 0.507. The van der Waals surface area contributed by atoms with Crippen molar-refractivity contribution >= 4 is 17.7 Å². The average molecular weight is 531 g/mol. The van der Waals surface area contributed by atoms with E-state index in [9.17, 15) is 23.2 Å². The molecule has 38 heavy (non-hydrogen) atoms. The van der Waals surface area contributed by atoms with Gasteiger partial charge in [0.15, 0.2) is 11.5 Å². The van der Waals surface area contributed by atoms with E-state index in [1.165, 1.54) is 29.0 Å². The Morgan fingerprint density at radius 2 is 1.92 bits per heavy atom. The molecule has 2 fully saturated rings. The second-order valence-corrected chi connectivity index (χ2v) is 9.91. The molecule has 1 N–H and O–H groups in total. The number of halogens is 2. The monoisotopic (exact) mass is 530 g/mol. The van der Waals surface area contributed by atoms with E-state index >= 15 is 0 Å². The van der Waals surface area contributed by atoms with Gasteiger partial charge in [-0.3, -0.25) is 19.4 Å². The number of benzene rings is 1. The van der Waals surface area contributed by atoms with E-state index in [0.717, 1.165) is 18.4 Å².